The van der Waals surface area contributed by atoms with E-state index in [-0.39, 0.29) is 11.8 Å². The summed E-state index contributed by atoms with van der Waals surface area (Å²) in [6.07, 6.45) is 4.12. The minimum absolute atomic E-state index is 0.197. The Morgan fingerprint density at radius 2 is 1.93 bits per heavy atom. The molecule has 0 spiro atoms. The van der Waals surface area contributed by atoms with Gasteiger partial charge >= 0.3 is 0 Å². The lowest BCUT2D eigenvalue weighted by molar-refractivity contribution is -0.124. The van der Waals surface area contributed by atoms with Crippen molar-refractivity contribution in [2.75, 3.05) is 7.05 Å². The van der Waals surface area contributed by atoms with Crippen molar-refractivity contribution >= 4 is 11.8 Å². The number of likely N-dealkylation sites (N-methyl/N-ethyl adjacent to an activating group) is 1. The number of carbonyl (C=O) groups is 2. The van der Waals surface area contributed by atoms with Gasteiger partial charge in [-0.1, -0.05) is 26.8 Å². The van der Waals surface area contributed by atoms with E-state index in [0.717, 1.165) is 11.3 Å². The van der Waals surface area contributed by atoms with E-state index in [2.05, 4.69) is 15.7 Å². The van der Waals surface area contributed by atoms with Crippen molar-refractivity contribution in [2.45, 2.75) is 45.6 Å². The molecule has 1 unspecified atom stereocenters. The van der Waals surface area contributed by atoms with Crippen molar-refractivity contribution < 1.29 is 9.59 Å². The first kappa shape index (κ1) is 19.1. The zero-order chi connectivity index (χ0) is 19.8. The van der Waals surface area contributed by atoms with Gasteiger partial charge < -0.3 is 10.6 Å². The third kappa shape index (κ3) is 4.04. The quantitative estimate of drug-likeness (QED) is 0.852. The van der Waals surface area contributed by atoms with Crippen LogP contribution in [0, 0.1) is 5.41 Å². The molecule has 1 aromatic heterocycles. The lowest BCUT2D eigenvalue weighted by Gasteiger charge is -2.30. The maximum atomic E-state index is 12.9. The van der Waals surface area contributed by atoms with Crippen molar-refractivity contribution in [1.82, 2.24) is 20.4 Å². The molecular weight excluding hydrogens is 340 g/mol. The highest BCUT2D eigenvalue weighted by atomic mass is 16.2. The van der Waals surface area contributed by atoms with Crippen LogP contribution in [0.15, 0.2) is 30.5 Å². The molecule has 1 saturated carbocycles. The second-order valence-electron chi connectivity index (χ2n) is 8.30. The van der Waals surface area contributed by atoms with Crippen LogP contribution < -0.4 is 10.6 Å². The molecule has 1 heterocycles. The monoisotopic (exact) mass is 368 g/mol. The number of benzene rings is 1. The number of hydrogen-bond donors (Lipinski definition) is 2. The standard InChI is InChI=1S/C21H28N4O2/c1-21(2,3)18(20(27)22-4)24-19(26)14-8-9-15(13-6-7-13)16(12-14)17-10-11-23-25(17)5/h8-13,18H,6-7H2,1-5H3,(H,22,27)(H,24,26). The average Bonchev–Trinajstić information content (AvgIpc) is 3.38. The number of hydrogen-bond acceptors (Lipinski definition) is 3. The number of nitrogens with one attached hydrogen (secondary N) is 2. The van der Waals surface area contributed by atoms with Crippen LogP contribution in [0.4, 0.5) is 0 Å². The Hall–Kier alpha value is -2.63. The highest BCUT2D eigenvalue weighted by molar-refractivity contribution is 5.98. The first-order valence-corrected chi connectivity index (χ1v) is 9.37. The van der Waals surface area contributed by atoms with E-state index in [4.69, 9.17) is 0 Å². The van der Waals surface area contributed by atoms with E-state index >= 15 is 0 Å². The van der Waals surface area contributed by atoms with Crippen LogP contribution in [-0.4, -0.2) is 34.7 Å². The highest BCUT2D eigenvalue weighted by Gasteiger charge is 2.33. The van der Waals surface area contributed by atoms with E-state index in [0.29, 0.717) is 11.5 Å². The van der Waals surface area contributed by atoms with Crippen LogP contribution in [0.3, 0.4) is 0 Å². The maximum absolute atomic E-state index is 12.9. The molecule has 27 heavy (non-hydrogen) atoms. The fraction of sp³-hybridized carbons (Fsp3) is 0.476. The van der Waals surface area contributed by atoms with Gasteiger partial charge in [0.15, 0.2) is 0 Å². The summed E-state index contributed by atoms with van der Waals surface area (Å²) in [5.74, 6) is 0.113. The van der Waals surface area contributed by atoms with Crippen molar-refractivity contribution in [2.24, 2.45) is 12.5 Å². The predicted molar refractivity (Wildman–Crippen MR) is 105 cm³/mol. The number of aryl methyl sites for hydroxylation is 1. The summed E-state index contributed by atoms with van der Waals surface area (Å²) in [4.78, 5) is 25.2. The zero-order valence-electron chi connectivity index (χ0n) is 16.7. The van der Waals surface area contributed by atoms with E-state index in [1.165, 1.54) is 18.4 Å². The van der Waals surface area contributed by atoms with Crippen molar-refractivity contribution in [3.05, 3.63) is 41.6 Å². The fourth-order valence-corrected chi connectivity index (χ4v) is 3.34. The molecule has 6 heteroatoms. The van der Waals surface area contributed by atoms with Crippen molar-refractivity contribution in [3.63, 3.8) is 0 Å². The number of rotatable bonds is 5. The summed E-state index contributed by atoms with van der Waals surface area (Å²) >= 11 is 0. The molecule has 1 aromatic carbocycles. The Balaban J connectivity index is 1.94. The van der Waals surface area contributed by atoms with E-state index in [1.54, 1.807) is 13.2 Å². The Morgan fingerprint density at radius 1 is 1.22 bits per heavy atom. The van der Waals surface area contributed by atoms with Crippen molar-refractivity contribution in [1.29, 1.82) is 0 Å². The summed E-state index contributed by atoms with van der Waals surface area (Å²) in [6.45, 7) is 5.80. The van der Waals surface area contributed by atoms with Gasteiger partial charge in [-0.25, -0.2) is 0 Å². The van der Waals surface area contributed by atoms with Crippen LogP contribution in [0.2, 0.25) is 0 Å². The van der Waals surface area contributed by atoms with Crippen LogP contribution in [0.25, 0.3) is 11.3 Å². The largest absolute Gasteiger partial charge is 0.357 e. The number of aromatic nitrogens is 2. The summed E-state index contributed by atoms with van der Waals surface area (Å²) in [7, 11) is 3.48. The van der Waals surface area contributed by atoms with Gasteiger partial charge in [-0.3, -0.25) is 14.3 Å². The average molecular weight is 368 g/mol. The molecule has 1 aliphatic rings. The molecule has 144 valence electrons. The maximum Gasteiger partial charge on any atom is 0.251 e. The zero-order valence-corrected chi connectivity index (χ0v) is 16.7. The molecule has 6 nitrogen and oxygen atoms in total. The third-order valence-electron chi connectivity index (χ3n) is 5.08. The van der Waals surface area contributed by atoms with E-state index in [1.807, 2.05) is 56.8 Å². The number of carbonyl (C=O) groups excluding carboxylic acids is 2. The van der Waals surface area contributed by atoms with Crippen molar-refractivity contribution in [3.8, 4) is 11.3 Å². The Labute approximate surface area is 160 Å². The van der Waals surface area contributed by atoms with Gasteiger partial charge in [-0.15, -0.1) is 0 Å². The van der Waals surface area contributed by atoms with Gasteiger partial charge in [0, 0.05) is 31.4 Å². The molecule has 0 bridgehead atoms. The molecule has 0 aliphatic heterocycles. The minimum atomic E-state index is -0.613. The summed E-state index contributed by atoms with van der Waals surface area (Å²) in [5, 5.41) is 9.81. The smallest absolute Gasteiger partial charge is 0.251 e. The Kier molecular flexibility index (Phi) is 5.09. The van der Waals surface area contributed by atoms with Gasteiger partial charge in [-0.2, -0.15) is 5.10 Å². The topological polar surface area (TPSA) is 76.0 Å². The van der Waals surface area contributed by atoms with Crippen LogP contribution >= 0.6 is 0 Å². The fourth-order valence-electron chi connectivity index (χ4n) is 3.34. The van der Waals surface area contributed by atoms with Gasteiger partial charge in [0.1, 0.15) is 6.04 Å². The molecule has 1 fully saturated rings. The molecule has 2 N–H and O–H groups in total. The van der Waals surface area contributed by atoms with Gasteiger partial charge in [0.05, 0.1) is 5.69 Å². The SMILES string of the molecule is CNC(=O)C(NC(=O)c1ccc(C2CC2)c(-c2ccnn2C)c1)C(C)(C)C. The van der Waals surface area contributed by atoms with Gasteiger partial charge in [0.25, 0.3) is 5.91 Å². The molecule has 0 saturated heterocycles. The second-order valence-corrected chi connectivity index (χ2v) is 8.30. The van der Waals surface area contributed by atoms with E-state index < -0.39 is 11.5 Å². The molecule has 1 aliphatic carbocycles. The van der Waals surface area contributed by atoms with Crippen LogP contribution in [0.1, 0.15) is 55.5 Å². The Morgan fingerprint density at radius 3 is 2.44 bits per heavy atom. The van der Waals surface area contributed by atoms with Gasteiger partial charge in [0.2, 0.25) is 5.91 Å². The third-order valence-corrected chi connectivity index (χ3v) is 5.08. The van der Waals surface area contributed by atoms with E-state index in [9.17, 15) is 9.59 Å². The van der Waals surface area contributed by atoms with Gasteiger partial charge in [-0.05, 0) is 47.9 Å². The first-order chi connectivity index (χ1) is 12.7. The molecule has 2 amide bonds. The lowest BCUT2D eigenvalue weighted by Crippen LogP contribution is -2.52. The van der Waals surface area contributed by atoms with Crippen LogP contribution in [0.5, 0.6) is 0 Å². The number of nitrogens with zero attached hydrogens (tertiary/aromatic N) is 2. The lowest BCUT2D eigenvalue weighted by atomic mass is 9.86. The first-order valence-electron chi connectivity index (χ1n) is 9.37. The molecule has 3 rings (SSSR count). The second kappa shape index (κ2) is 7.18. The predicted octanol–water partition coefficient (Wildman–Crippen LogP) is 2.86. The summed E-state index contributed by atoms with van der Waals surface area (Å²) in [5.41, 5.74) is 3.44. The molecule has 1 atom stereocenters. The Bertz CT molecular complexity index is 859. The highest BCUT2D eigenvalue weighted by Crippen LogP contribution is 2.44. The molecular formula is C21H28N4O2. The summed E-state index contributed by atoms with van der Waals surface area (Å²) in [6, 6.07) is 7.17. The number of amides is 2. The normalized spacial score (nSPS) is 15.3. The summed E-state index contributed by atoms with van der Waals surface area (Å²) < 4.78 is 1.82. The molecule has 0 radical (unpaired) electrons. The molecule has 2 aromatic rings. The van der Waals surface area contributed by atoms with Crippen LogP contribution in [-0.2, 0) is 11.8 Å². The minimum Gasteiger partial charge on any atom is -0.357 e.